The Bertz CT molecular complexity index is 125. The van der Waals surface area contributed by atoms with Gasteiger partial charge < -0.3 is 11.3 Å². The molecule has 0 aliphatic rings. The van der Waals surface area contributed by atoms with Crippen LogP contribution in [0.25, 0.3) is 5.53 Å². The fraction of sp³-hybridized carbons (Fsp3) is 0.500. The second-order valence-corrected chi connectivity index (χ2v) is 1.25. The molecule has 0 aromatic rings. The smallest absolute Gasteiger partial charge is 0.323 e. The quantitative estimate of drug-likeness (QED) is 0.295. The number of ketones is 1. The Morgan fingerprint density at radius 3 is 2.88 bits per heavy atom. The lowest BCUT2D eigenvalue weighted by molar-refractivity contribution is -0.115. The molecule has 0 spiro atoms. The van der Waals surface area contributed by atoms with Crippen LogP contribution in [0.15, 0.2) is 0 Å². The summed E-state index contributed by atoms with van der Waals surface area (Å²) in [7, 11) is 0. The fourth-order valence-electron chi connectivity index (χ4n) is 0.271. The van der Waals surface area contributed by atoms with Gasteiger partial charge in [0.2, 0.25) is 5.78 Å². The number of hydrogen-bond donors (Lipinski definition) is 1. The average Bonchev–Trinajstić information content (AvgIpc) is 1.68. The Balaban J connectivity index is 3.49. The van der Waals surface area contributed by atoms with Crippen molar-refractivity contribution in [3.05, 3.63) is 5.53 Å². The Hall–Kier alpha value is -0.990. The highest BCUT2D eigenvalue weighted by atomic mass is 16.1. The number of nitrogens with zero attached hydrogens (tertiary/aromatic N) is 2. The third-order valence-corrected chi connectivity index (χ3v) is 0.592. The van der Waals surface area contributed by atoms with Crippen molar-refractivity contribution in [2.24, 2.45) is 5.73 Å². The second kappa shape index (κ2) is 4.18. The Morgan fingerprint density at radius 2 is 2.50 bits per heavy atom. The van der Waals surface area contributed by atoms with Crippen LogP contribution in [0.4, 0.5) is 0 Å². The summed E-state index contributed by atoms with van der Waals surface area (Å²) < 4.78 is 0. The van der Waals surface area contributed by atoms with Gasteiger partial charge in [0.25, 0.3) is 0 Å². The molecule has 4 nitrogen and oxygen atoms in total. The van der Waals surface area contributed by atoms with Gasteiger partial charge in [-0.1, -0.05) is 0 Å². The van der Waals surface area contributed by atoms with Gasteiger partial charge in [0, 0.05) is 6.42 Å². The summed E-state index contributed by atoms with van der Waals surface area (Å²) in [5.41, 5.74) is 12.8. The maximum Gasteiger partial charge on any atom is 0.323 e. The number of rotatable bonds is 3. The molecule has 0 rings (SSSR count). The van der Waals surface area contributed by atoms with Crippen LogP contribution >= 0.6 is 0 Å². The van der Waals surface area contributed by atoms with E-state index in [1.54, 1.807) is 0 Å². The van der Waals surface area contributed by atoms with Gasteiger partial charge >= 0.3 is 6.21 Å². The van der Waals surface area contributed by atoms with E-state index >= 15 is 0 Å². The largest absolute Gasteiger partial charge is 0.361 e. The number of Topliss-reactive ketones (excluding diaryl/α,β-unsaturated/α-hetero) is 1. The lowest BCUT2D eigenvalue weighted by atomic mass is 10.3. The third-order valence-electron chi connectivity index (χ3n) is 0.592. The summed E-state index contributed by atoms with van der Waals surface area (Å²) in [6.07, 6.45) is 1.08. The first-order valence-electron chi connectivity index (χ1n) is 2.21. The molecule has 2 N–H and O–H groups in total. The highest BCUT2D eigenvalue weighted by Crippen LogP contribution is 1.70. The van der Waals surface area contributed by atoms with Crippen molar-refractivity contribution in [3.63, 3.8) is 0 Å². The zero-order valence-corrected chi connectivity index (χ0v) is 4.37. The maximum atomic E-state index is 10.3. The van der Waals surface area contributed by atoms with Crippen LogP contribution in [-0.2, 0) is 4.79 Å². The Morgan fingerprint density at radius 1 is 1.88 bits per heavy atom. The minimum atomic E-state index is -0.255. The van der Waals surface area contributed by atoms with E-state index in [2.05, 4.69) is 4.79 Å². The predicted octanol–water partition coefficient (Wildman–Crippen LogP) is -0.795. The van der Waals surface area contributed by atoms with E-state index in [9.17, 15) is 4.79 Å². The van der Waals surface area contributed by atoms with E-state index in [-0.39, 0.29) is 12.2 Å². The standard InChI is InChI=1S/C4H7N3O/c5-2-1-4(8)3-7-6/h3H,1-2,5H2. The highest BCUT2D eigenvalue weighted by molar-refractivity contribution is 6.25. The van der Waals surface area contributed by atoms with Crippen molar-refractivity contribution in [2.75, 3.05) is 6.54 Å². The second-order valence-electron chi connectivity index (χ2n) is 1.25. The molecule has 0 atom stereocenters. The summed E-state index contributed by atoms with van der Waals surface area (Å²) in [4.78, 5) is 12.8. The summed E-state index contributed by atoms with van der Waals surface area (Å²) in [6.45, 7) is 0.296. The van der Waals surface area contributed by atoms with Crippen LogP contribution in [0.5, 0.6) is 0 Å². The first kappa shape index (κ1) is 7.01. The van der Waals surface area contributed by atoms with Crippen molar-refractivity contribution < 1.29 is 9.58 Å². The summed E-state index contributed by atoms with van der Waals surface area (Å²) in [5.74, 6) is -0.255. The lowest BCUT2D eigenvalue weighted by Crippen LogP contribution is -2.08. The molecule has 0 bridgehead atoms. The van der Waals surface area contributed by atoms with Crippen LogP contribution in [-0.4, -0.2) is 23.3 Å². The van der Waals surface area contributed by atoms with Gasteiger partial charge in [0.1, 0.15) is 0 Å². The normalized spacial score (nSPS) is 7.62. The van der Waals surface area contributed by atoms with E-state index in [0.717, 1.165) is 6.21 Å². The molecule has 8 heavy (non-hydrogen) atoms. The van der Waals surface area contributed by atoms with Gasteiger partial charge in [-0.15, -0.1) is 0 Å². The van der Waals surface area contributed by atoms with Crippen molar-refractivity contribution in [3.8, 4) is 0 Å². The van der Waals surface area contributed by atoms with Crippen molar-refractivity contribution >= 4 is 12.0 Å². The molecule has 44 valence electrons. The zero-order valence-electron chi connectivity index (χ0n) is 4.37. The molecule has 0 aliphatic heterocycles. The number of nitrogens with two attached hydrogens (primary N) is 1. The van der Waals surface area contributed by atoms with Crippen LogP contribution in [0.1, 0.15) is 6.42 Å². The molecule has 0 radical (unpaired) electrons. The molecule has 0 fully saturated rings. The lowest BCUT2D eigenvalue weighted by Gasteiger charge is -1.78. The van der Waals surface area contributed by atoms with E-state index < -0.39 is 0 Å². The maximum absolute atomic E-state index is 10.3. The predicted molar refractivity (Wildman–Crippen MR) is 28.4 cm³/mol. The molecular weight excluding hydrogens is 106 g/mol. The third kappa shape index (κ3) is 3.21. The van der Waals surface area contributed by atoms with E-state index in [1.165, 1.54) is 0 Å². The summed E-state index contributed by atoms with van der Waals surface area (Å²) >= 11 is 0. The van der Waals surface area contributed by atoms with Gasteiger partial charge in [0.15, 0.2) is 0 Å². The minimum absolute atomic E-state index is 0.240. The van der Waals surface area contributed by atoms with E-state index in [0.29, 0.717) is 6.54 Å². The van der Waals surface area contributed by atoms with E-state index in [1.807, 2.05) is 0 Å². The molecule has 0 aromatic carbocycles. The molecule has 0 aliphatic carbocycles. The summed E-state index contributed by atoms with van der Waals surface area (Å²) in [6, 6.07) is 0. The van der Waals surface area contributed by atoms with Crippen molar-refractivity contribution in [1.82, 2.24) is 0 Å². The first-order valence-corrected chi connectivity index (χ1v) is 2.21. The average molecular weight is 113 g/mol. The minimum Gasteiger partial charge on any atom is -0.361 e. The van der Waals surface area contributed by atoms with Crippen LogP contribution < -0.4 is 5.73 Å². The van der Waals surface area contributed by atoms with Gasteiger partial charge in [-0.05, 0) is 6.54 Å². The van der Waals surface area contributed by atoms with Crippen LogP contribution in [0.3, 0.4) is 0 Å². The summed E-state index contributed by atoms with van der Waals surface area (Å²) in [5, 5.41) is 0. The first-order chi connectivity index (χ1) is 3.81. The fourth-order valence-corrected chi connectivity index (χ4v) is 0.271. The van der Waals surface area contributed by atoms with Crippen LogP contribution in [0, 0.1) is 0 Å². The molecule has 0 saturated carbocycles. The molecule has 0 amide bonds. The van der Waals surface area contributed by atoms with Crippen molar-refractivity contribution in [2.45, 2.75) is 6.42 Å². The molecular formula is C4H7N3O. The zero-order chi connectivity index (χ0) is 6.41. The number of carbonyl (C=O) groups is 1. The SMILES string of the molecule is [N-]=[N+]=CC(=O)CCN. The molecule has 4 heteroatoms. The molecule has 0 aromatic heterocycles. The van der Waals surface area contributed by atoms with Gasteiger partial charge in [-0.25, -0.2) is 0 Å². The highest BCUT2D eigenvalue weighted by Gasteiger charge is 1.97. The van der Waals surface area contributed by atoms with Gasteiger partial charge in [-0.2, -0.15) is 4.79 Å². The Kier molecular flexibility index (Phi) is 3.66. The molecule has 0 heterocycles. The van der Waals surface area contributed by atoms with Crippen molar-refractivity contribution in [1.29, 1.82) is 0 Å². The number of carbonyl (C=O) groups excluding carboxylic acids is 1. The van der Waals surface area contributed by atoms with Gasteiger partial charge in [-0.3, -0.25) is 4.79 Å². The Labute approximate surface area is 46.9 Å². The number of hydrogen-bond acceptors (Lipinski definition) is 2. The van der Waals surface area contributed by atoms with Gasteiger partial charge in [0.05, 0.1) is 0 Å². The topological polar surface area (TPSA) is 79.5 Å². The van der Waals surface area contributed by atoms with E-state index in [4.69, 9.17) is 11.3 Å². The monoisotopic (exact) mass is 113 g/mol. The van der Waals surface area contributed by atoms with Crippen LogP contribution in [0.2, 0.25) is 0 Å². The molecule has 0 unspecified atom stereocenters. The molecule has 0 saturated heterocycles.